The van der Waals surface area contributed by atoms with Gasteiger partial charge in [0.1, 0.15) is 5.82 Å². The molecule has 3 heterocycles. The number of aliphatic imine (C=N–C) groups is 1. The fourth-order valence-corrected chi connectivity index (χ4v) is 3.30. The summed E-state index contributed by atoms with van der Waals surface area (Å²) in [4.78, 5) is 7.92. The molecule has 9 heteroatoms. The second-order valence-electron chi connectivity index (χ2n) is 6.18. The highest BCUT2D eigenvalue weighted by Gasteiger charge is 2.41. The number of aromatic nitrogens is 1. The molecule has 0 radical (unpaired) electrons. The van der Waals surface area contributed by atoms with Crippen LogP contribution in [0.2, 0.25) is 0 Å². The molecule has 6 nitrogen and oxygen atoms in total. The topological polar surface area (TPSA) is 70.6 Å². The number of halogens is 3. The van der Waals surface area contributed by atoms with Crippen molar-refractivity contribution in [1.29, 1.82) is 0 Å². The van der Waals surface area contributed by atoms with Crippen molar-refractivity contribution in [1.82, 2.24) is 15.6 Å². The molecule has 3 atom stereocenters. The smallest absolute Gasteiger partial charge is 0.373 e. The molecule has 2 aliphatic heterocycles. The molecule has 3 rings (SSSR count). The molecule has 0 aliphatic carbocycles. The van der Waals surface area contributed by atoms with Gasteiger partial charge in [-0.05, 0) is 31.4 Å². The van der Waals surface area contributed by atoms with Crippen LogP contribution < -0.4 is 16.0 Å². The van der Waals surface area contributed by atoms with Gasteiger partial charge in [0.15, 0.2) is 5.96 Å². The van der Waals surface area contributed by atoms with Gasteiger partial charge in [-0.2, -0.15) is 13.2 Å². The van der Waals surface area contributed by atoms with Crippen molar-refractivity contribution in [2.75, 3.05) is 25.5 Å². The van der Waals surface area contributed by atoms with Crippen molar-refractivity contribution < 1.29 is 17.9 Å². The van der Waals surface area contributed by atoms with Gasteiger partial charge in [0, 0.05) is 26.3 Å². The van der Waals surface area contributed by atoms with Crippen molar-refractivity contribution in [3.63, 3.8) is 0 Å². The zero-order chi connectivity index (χ0) is 17.9. The summed E-state index contributed by atoms with van der Waals surface area (Å²) >= 11 is 0. The van der Waals surface area contributed by atoms with Crippen molar-refractivity contribution in [3.05, 3.63) is 23.9 Å². The Morgan fingerprint density at radius 2 is 2.20 bits per heavy atom. The molecule has 0 aromatic carbocycles. The number of nitrogens with zero attached hydrogens (tertiary/aromatic N) is 2. The molecule has 0 spiro atoms. The Kier molecular flexibility index (Phi) is 5.31. The molecule has 2 bridgehead atoms. The van der Waals surface area contributed by atoms with E-state index in [0.717, 1.165) is 25.3 Å². The van der Waals surface area contributed by atoms with Crippen LogP contribution in [0.4, 0.5) is 19.0 Å². The van der Waals surface area contributed by atoms with Crippen LogP contribution in [0.15, 0.2) is 23.3 Å². The van der Waals surface area contributed by atoms with E-state index in [4.69, 9.17) is 4.74 Å². The summed E-state index contributed by atoms with van der Waals surface area (Å²) in [6.45, 7) is 0.698. The molecular formula is C16H22F3N5O. The van der Waals surface area contributed by atoms with E-state index in [9.17, 15) is 13.2 Å². The van der Waals surface area contributed by atoms with Gasteiger partial charge in [0.2, 0.25) is 0 Å². The molecule has 1 aromatic rings. The van der Waals surface area contributed by atoms with Crippen LogP contribution in [0.3, 0.4) is 0 Å². The summed E-state index contributed by atoms with van der Waals surface area (Å²) < 4.78 is 44.5. The first kappa shape index (κ1) is 17.8. The van der Waals surface area contributed by atoms with Crippen LogP contribution in [-0.2, 0) is 10.9 Å². The first-order valence-corrected chi connectivity index (χ1v) is 8.36. The monoisotopic (exact) mass is 357 g/mol. The van der Waals surface area contributed by atoms with E-state index in [-0.39, 0.29) is 24.5 Å². The van der Waals surface area contributed by atoms with E-state index in [0.29, 0.717) is 18.6 Å². The van der Waals surface area contributed by atoms with Gasteiger partial charge >= 0.3 is 6.18 Å². The highest BCUT2D eigenvalue weighted by Crippen LogP contribution is 2.34. The van der Waals surface area contributed by atoms with Gasteiger partial charge < -0.3 is 20.7 Å². The molecule has 138 valence electrons. The summed E-state index contributed by atoms with van der Waals surface area (Å²) in [5.74, 6) is 0.460. The quantitative estimate of drug-likeness (QED) is 0.427. The SMILES string of the molecule is CN=C(NCCNc1ncccc1C(F)(F)F)NC1CC2CCC1O2. The maximum Gasteiger partial charge on any atom is 0.419 e. The van der Waals surface area contributed by atoms with Gasteiger partial charge in [-0.3, -0.25) is 4.99 Å². The third kappa shape index (κ3) is 4.33. The molecule has 1 aromatic heterocycles. The van der Waals surface area contributed by atoms with Gasteiger partial charge in [-0.1, -0.05) is 0 Å². The Morgan fingerprint density at radius 1 is 1.36 bits per heavy atom. The van der Waals surface area contributed by atoms with Crippen LogP contribution in [0.1, 0.15) is 24.8 Å². The van der Waals surface area contributed by atoms with Gasteiger partial charge in [0.25, 0.3) is 0 Å². The minimum Gasteiger partial charge on any atom is -0.373 e. The summed E-state index contributed by atoms with van der Waals surface area (Å²) in [6, 6.07) is 2.53. The largest absolute Gasteiger partial charge is 0.419 e. The molecular weight excluding hydrogens is 335 g/mol. The van der Waals surface area contributed by atoms with E-state index < -0.39 is 11.7 Å². The first-order valence-electron chi connectivity index (χ1n) is 8.36. The summed E-state index contributed by atoms with van der Waals surface area (Å²) in [7, 11) is 1.66. The number of alkyl halides is 3. The molecule has 25 heavy (non-hydrogen) atoms. The van der Waals surface area contributed by atoms with E-state index in [1.165, 1.54) is 12.3 Å². The number of guanidine groups is 1. The van der Waals surface area contributed by atoms with Crippen LogP contribution in [-0.4, -0.2) is 49.3 Å². The Morgan fingerprint density at radius 3 is 2.84 bits per heavy atom. The van der Waals surface area contributed by atoms with Gasteiger partial charge in [0.05, 0.1) is 23.8 Å². The first-order chi connectivity index (χ1) is 12.0. The minimum atomic E-state index is -4.43. The standard InChI is InChI=1S/C16H22F3N5O/c1-20-15(24-12-9-10-4-5-13(12)25-10)23-8-7-22-14-11(16(17,18)19)3-2-6-21-14/h2-3,6,10,12-13H,4-5,7-9H2,1H3,(H,21,22)(H2,20,23,24). The zero-order valence-electron chi connectivity index (χ0n) is 13.9. The Balaban J connectivity index is 1.45. The van der Waals surface area contributed by atoms with Crippen LogP contribution >= 0.6 is 0 Å². The number of ether oxygens (including phenoxy) is 1. The van der Waals surface area contributed by atoms with Gasteiger partial charge in [-0.25, -0.2) is 4.98 Å². The summed E-state index contributed by atoms with van der Waals surface area (Å²) in [5.41, 5.74) is -0.767. The lowest BCUT2D eigenvalue weighted by Gasteiger charge is -2.22. The molecule has 0 saturated carbocycles. The molecule has 3 N–H and O–H groups in total. The Labute approximate surface area is 144 Å². The predicted molar refractivity (Wildman–Crippen MR) is 88.5 cm³/mol. The summed E-state index contributed by atoms with van der Waals surface area (Å²) in [6.07, 6.45) is 0.610. The van der Waals surface area contributed by atoms with E-state index >= 15 is 0 Å². The fraction of sp³-hybridized carbons (Fsp3) is 0.625. The number of fused-ring (bicyclic) bond motifs is 2. The maximum atomic E-state index is 12.9. The number of nitrogens with one attached hydrogen (secondary N) is 3. The zero-order valence-corrected chi connectivity index (χ0v) is 13.9. The third-order valence-corrected chi connectivity index (χ3v) is 4.47. The second kappa shape index (κ2) is 7.47. The van der Waals surface area contributed by atoms with E-state index in [1.54, 1.807) is 7.05 Å². The van der Waals surface area contributed by atoms with E-state index in [1.807, 2.05) is 0 Å². The van der Waals surface area contributed by atoms with Crippen LogP contribution in [0.25, 0.3) is 0 Å². The Hall–Kier alpha value is -2.03. The lowest BCUT2D eigenvalue weighted by Crippen LogP contribution is -2.48. The van der Waals surface area contributed by atoms with Crippen molar-refractivity contribution >= 4 is 11.8 Å². The maximum absolute atomic E-state index is 12.9. The minimum absolute atomic E-state index is 0.166. The van der Waals surface area contributed by atoms with Gasteiger partial charge in [-0.15, -0.1) is 0 Å². The van der Waals surface area contributed by atoms with Crippen LogP contribution in [0, 0.1) is 0 Å². The lowest BCUT2D eigenvalue weighted by molar-refractivity contribution is -0.137. The van der Waals surface area contributed by atoms with Crippen molar-refractivity contribution in [2.24, 2.45) is 4.99 Å². The molecule has 0 amide bonds. The average Bonchev–Trinajstić information content (AvgIpc) is 3.20. The fourth-order valence-electron chi connectivity index (χ4n) is 3.30. The van der Waals surface area contributed by atoms with Crippen molar-refractivity contribution in [2.45, 2.75) is 43.7 Å². The number of rotatable bonds is 5. The number of anilines is 1. The highest BCUT2D eigenvalue weighted by atomic mass is 19.4. The summed E-state index contributed by atoms with van der Waals surface area (Å²) in [5, 5.41) is 9.14. The number of hydrogen-bond acceptors (Lipinski definition) is 4. The third-order valence-electron chi connectivity index (χ3n) is 4.47. The molecule has 2 aliphatic rings. The van der Waals surface area contributed by atoms with Crippen molar-refractivity contribution in [3.8, 4) is 0 Å². The number of pyridine rings is 1. The van der Waals surface area contributed by atoms with Crippen LogP contribution in [0.5, 0.6) is 0 Å². The normalized spacial score (nSPS) is 25.9. The molecule has 2 fully saturated rings. The number of hydrogen-bond donors (Lipinski definition) is 3. The predicted octanol–water partition coefficient (Wildman–Crippen LogP) is 2.00. The molecule has 3 unspecified atom stereocenters. The molecule has 2 saturated heterocycles. The lowest BCUT2D eigenvalue weighted by atomic mass is 9.96. The average molecular weight is 357 g/mol. The second-order valence-corrected chi connectivity index (χ2v) is 6.18. The van der Waals surface area contributed by atoms with E-state index in [2.05, 4.69) is 25.9 Å². The highest BCUT2D eigenvalue weighted by molar-refractivity contribution is 5.80. The Bertz CT molecular complexity index is 622.